The molecule has 5 nitrogen and oxygen atoms in total. The van der Waals surface area contributed by atoms with Gasteiger partial charge in [-0.25, -0.2) is 4.72 Å². The van der Waals surface area contributed by atoms with E-state index < -0.39 is 23.2 Å². The first-order valence-corrected chi connectivity index (χ1v) is 7.20. The number of hydrogen-bond acceptors (Lipinski definition) is 3. The lowest BCUT2D eigenvalue weighted by Crippen LogP contribution is -2.18. The van der Waals surface area contributed by atoms with Crippen molar-refractivity contribution in [1.82, 2.24) is 4.72 Å². The van der Waals surface area contributed by atoms with E-state index in [1.807, 2.05) is 31.2 Å². The van der Waals surface area contributed by atoms with Gasteiger partial charge in [-0.15, -0.1) is 0 Å². The Kier molecular flexibility index (Phi) is 6.69. The zero-order chi connectivity index (χ0) is 14.3. The minimum absolute atomic E-state index is 0.344. The summed E-state index contributed by atoms with van der Waals surface area (Å²) in [5.41, 5.74) is 1.88. The van der Waals surface area contributed by atoms with Gasteiger partial charge in [-0.2, -0.15) is 0 Å². The second-order valence-corrected chi connectivity index (χ2v) is 5.18. The summed E-state index contributed by atoms with van der Waals surface area (Å²) in [6.07, 6.45) is 1.80. The van der Waals surface area contributed by atoms with Crippen molar-refractivity contribution < 1.29 is 18.7 Å². The average Bonchev–Trinajstić information content (AvgIpc) is 2.34. The summed E-state index contributed by atoms with van der Waals surface area (Å²) in [5, 5.41) is 9.23. The van der Waals surface area contributed by atoms with Crippen LogP contribution in [0.15, 0.2) is 24.3 Å². The lowest BCUT2D eigenvalue weighted by molar-refractivity contribution is -0.139. The molecule has 0 saturated heterocycles. The molecule has 1 aromatic carbocycles. The van der Waals surface area contributed by atoms with Crippen LogP contribution in [-0.2, 0) is 16.1 Å². The molecule has 106 valence electrons. The maximum Gasteiger partial charge on any atom is 0.310 e. The zero-order valence-corrected chi connectivity index (χ0v) is 11.6. The first-order valence-electron chi connectivity index (χ1n) is 6.13. The summed E-state index contributed by atoms with van der Waals surface area (Å²) >= 11 is -2.24. The molecule has 0 fully saturated rings. The van der Waals surface area contributed by atoms with Crippen molar-refractivity contribution in [3.63, 3.8) is 0 Å². The van der Waals surface area contributed by atoms with Gasteiger partial charge in [-0.1, -0.05) is 36.2 Å². The van der Waals surface area contributed by atoms with Crippen molar-refractivity contribution in [3.8, 4) is 0 Å². The number of unbranched alkanes of at least 4 members (excludes halogenated alkanes) is 1. The van der Waals surface area contributed by atoms with Gasteiger partial charge >= 0.3 is 5.97 Å². The zero-order valence-electron chi connectivity index (χ0n) is 10.8. The number of benzene rings is 1. The Morgan fingerprint density at radius 1 is 1.37 bits per heavy atom. The summed E-state index contributed by atoms with van der Waals surface area (Å²) < 4.78 is 22.8. The highest BCUT2D eigenvalue weighted by molar-refractivity contribution is 7.77. The molecule has 2 N–H and O–H groups in total. The Morgan fingerprint density at radius 2 is 2.00 bits per heavy atom. The Balaban J connectivity index is 2.47. The van der Waals surface area contributed by atoms with E-state index in [0.717, 1.165) is 11.1 Å². The monoisotopic (exact) mass is 284 g/mol. The summed E-state index contributed by atoms with van der Waals surface area (Å²) in [7, 11) is 0. The van der Waals surface area contributed by atoms with Crippen molar-refractivity contribution in [2.24, 2.45) is 0 Å². The van der Waals surface area contributed by atoms with E-state index in [1.165, 1.54) is 0 Å². The molecule has 0 spiro atoms. The molecule has 19 heavy (non-hydrogen) atoms. The number of aryl methyl sites for hydroxylation is 1. The van der Waals surface area contributed by atoms with E-state index in [2.05, 4.69) is 4.72 Å². The van der Waals surface area contributed by atoms with Crippen LogP contribution in [0.3, 0.4) is 0 Å². The van der Waals surface area contributed by atoms with Gasteiger partial charge in [0.25, 0.3) is 0 Å². The molecule has 0 radical (unpaired) electrons. The van der Waals surface area contributed by atoms with E-state index >= 15 is 0 Å². The highest BCUT2D eigenvalue weighted by Crippen LogP contribution is 2.22. The number of carboxylic acids is 1. The van der Waals surface area contributed by atoms with Crippen molar-refractivity contribution in [2.45, 2.75) is 32.1 Å². The second kappa shape index (κ2) is 8.04. The maximum absolute atomic E-state index is 11.2. The third-order valence-corrected chi connectivity index (χ3v) is 3.36. The van der Waals surface area contributed by atoms with Crippen LogP contribution in [0.5, 0.6) is 0 Å². The fraction of sp³-hybridized carbons (Fsp3) is 0.462. The first-order chi connectivity index (χ1) is 9.00. The summed E-state index contributed by atoms with van der Waals surface area (Å²) in [5.74, 6) is -1.37. The molecule has 1 aromatic rings. The van der Waals surface area contributed by atoms with E-state index in [9.17, 15) is 18.7 Å². The minimum atomic E-state index is -2.24. The predicted molar refractivity (Wildman–Crippen MR) is 72.3 cm³/mol. The summed E-state index contributed by atoms with van der Waals surface area (Å²) in [4.78, 5) is 11.2. The van der Waals surface area contributed by atoms with Gasteiger partial charge in [0.05, 0.1) is 5.92 Å². The van der Waals surface area contributed by atoms with E-state index in [1.54, 1.807) is 0 Å². The Hall–Kier alpha value is -1.24. The maximum atomic E-state index is 11.2. The van der Waals surface area contributed by atoms with E-state index in [0.29, 0.717) is 25.8 Å². The molecule has 0 aliphatic carbocycles. The van der Waals surface area contributed by atoms with Crippen LogP contribution in [0.25, 0.3) is 0 Å². The van der Waals surface area contributed by atoms with E-state index in [4.69, 9.17) is 0 Å². The molecule has 0 aromatic heterocycles. The highest BCUT2D eigenvalue weighted by atomic mass is 32.2. The third kappa shape index (κ3) is 5.96. The SMILES string of the molecule is Cc1ccc(C(CCCCNS(=O)[O-])C(=O)O)cc1. The van der Waals surface area contributed by atoms with Gasteiger partial charge in [-0.3, -0.25) is 9.00 Å². The van der Waals surface area contributed by atoms with Gasteiger partial charge in [0.2, 0.25) is 0 Å². The number of nitrogens with one attached hydrogen (secondary N) is 1. The fourth-order valence-corrected chi connectivity index (χ4v) is 2.17. The predicted octanol–water partition coefficient (Wildman–Crippen LogP) is 1.72. The van der Waals surface area contributed by atoms with Gasteiger partial charge in [-0.05, 0) is 25.3 Å². The lowest BCUT2D eigenvalue weighted by atomic mass is 9.93. The number of carboxylic acid groups (broad SMARTS) is 1. The lowest BCUT2D eigenvalue weighted by Gasteiger charge is -2.13. The number of hydrogen-bond donors (Lipinski definition) is 2. The van der Waals surface area contributed by atoms with E-state index in [-0.39, 0.29) is 0 Å². The second-order valence-electron chi connectivity index (χ2n) is 4.43. The van der Waals surface area contributed by atoms with Crippen molar-refractivity contribution >= 4 is 17.2 Å². The van der Waals surface area contributed by atoms with Gasteiger partial charge in [0.15, 0.2) is 0 Å². The van der Waals surface area contributed by atoms with Gasteiger partial charge in [0.1, 0.15) is 0 Å². The Morgan fingerprint density at radius 3 is 2.53 bits per heavy atom. The molecular weight excluding hydrogens is 266 g/mol. The summed E-state index contributed by atoms with van der Waals surface area (Å²) in [6.45, 7) is 2.30. The fourth-order valence-electron chi connectivity index (χ4n) is 1.86. The van der Waals surface area contributed by atoms with Crippen LogP contribution in [-0.4, -0.2) is 26.4 Å². The van der Waals surface area contributed by atoms with Crippen LogP contribution in [0.1, 0.15) is 36.3 Å². The third-order valence-electron chi connectivity index (χ3n) is 2.92. The van der Waals surface area contributed by atoms with Crippen LogP contribution in [0, 0.1) is 6.92 Å². The van der Waals surface area contributed by atoms with Crippen molar-refractivity contribution in [1.29, 1.82) is 0 Å². The smallest absolute Gasteiger partial charge is 0.310 e. The summed E-state index contributed by atoms with van der Waals surface area (Å²) in [6, 6.07) is 7.46. The van der Waals surface area contributed by atoms with Crippen molar-refractivity contribution in [2.75, 3.05) is 6.54 Å². The Bertz CT molecular complexity index is 433. The molecule has 2 unspecified atom stereocenters. The molecule has 0 saturated carbocycles. The molecule has 0 bridgehead atoms. The molecule has 0 amide bonds. The first kappa shape index (κ1) is 15.8. The van der Waals surface area contributed by atoms with Crippen LogP contribution >= 0.6 is 0 Å². The number of aliphatic carboxylic acids is 1. The average molecular weight is 284 g/mol. The normalized spacial score (nSPS) is 14.0. The number of carbonyl (C=O) groups is 1. The number of rotatable bonds is 8. The molecule has 0 aliphatic heterocycles. The molecule has 0 aliphatic rings. The van der Waals surface area contributed by atoms with Gasteiger partial charge < -0.3 is 9.66 Å². The van der Waals surface area contributed by atoms with Crippen molar-refractivity contribution in [3.05, 3.63) is 35.4 Å². The molecule has 1 rings (SSSR count). The molecule has 2 atom stereocenters. The Labute approximate surface area is 115 Å². The standard InChI is InChI=1S/C13H19NO4S/c1-10-5-7-11(8-6-10)12(13(15)16)4-2-3-9-14-19(17)18/h5-8,12,14H,2-4,9H2,1H3,(H,15,16)(H,17,18)/p-1. The van der Waals surface area contributed by atoms with Crippen LogP contribution in [0.4, 0.5) is 0 Å². The largest absolute Gasteiger partial charge is 0.760 e. The minimum Gasteiger partial charge on any atom is -0.760 e. The quantitative estimate of drug-likeness (QED) is 0.562. The van der Waals surface area contributed by atoms with Crippen LogP contribution in [0.2, 0.25) is 0 Å². The topological polar surface area (TPSA) is 89.5 Å². The highest BCUT2D eigenvalue weighted by Gasteiger charge is 2.18. The molecule has 0 heterocycles. The molecular formula is C13H18NO4S-. The van der Waals surface area contributed by atoms with Crippen LogP contribution < -0.4 is 4.72 Å². The molecule has 6 heteroatoms. The van der Waals surface area contributed by atoms with Gasteiger partial charge in [0, 0.05) is 17.8 Å².